The van der Waals surface area contributed by atoms with Crippen molar-refractivity contribution in [3.63, 3.8) is 0 Å². The molecule has 0 aliphatic carbocycles. The zero-order valence-electron chi connectivity index (χ0n) is 13.1. The van der Waals surface area contributed by atoms with E-state index in [4.69, 9.17) is 9.47 Å². The quantitative estimate of drug-likeness (QED) is 0.340. The lowest BCUT2D eigenvalue weighted by molar-refractivity contribution is -0.138. The lowest BCUT2D eigenvalue weighted by atomic mass is 10.2. The Kier molecular flexibility index (Phi) is 13.0. The standard InChI is InChI=1S/C15H27NO4S/c1-4-6-7-8-9-16-15(18)20-10-11-21-12-13(3)14(17)19-5-2/h3-12H2,1-2H3,(H,16,18). The summed E-state index contributed by atoms with van der Waals surface area (Å²) in [4.78, 5) is 22.6. The number of ether oxygens (including phenoxy) is 2. The first-order valence-corrected chi connectivity index (χ1v) is 8.60. The molecular formula is C15H27NO4S. The third-order valence-electron chi connectivity index (χ3n) is 2.60. The van der Waals surface area contributed by atoms with Crippen molar-refractivity contribution >= 4 is 23.8 Å². The Hall–Kier alpha value is -1.17. The molecule has 0 aliphatic heterocycles. The Balaban J connectivity index is 3.43. The van der Waals surface area contributed by atoms with Crippen LogP contribution in [0.2, 0.25) is 0 Å². The highest BCUT2D eigenvalue weighted by Crippen LogP contribution is 2.07. The predicted molar refractivity (Wildman–Crippen MR) is 86.6 cm³/mol. The van der Waals surface area contributed by atoms with E-state index in [1.54, 1.807) is 6.92 Å². The summed E-state index contributed by atoms with van der Waals surface area (Å²) in [6.45, 7) is 8.89. The van der Waals surface area contributed by atoms with Gasteiger partial charge < -0.3 is 14.8 Å². The highest BCUT2D eigenvalue weighted by molar-refractivity contribution is 7.99. The summed E-state index contributed by atoms with van der Waals surface area (Å²) < 4.78 is 9.85. The topological polar surface area (TPSA) is 64.6 Å². The first kappa shape index (κ1) is 19.8. The molecule has 122 valence electrons. The number of nitrogens with one attached hydrogen (secondary N) is 1. The molecule has 0 saturated carbocycles. The molecule has 21 heavy (non-hydrogen) atoms. The van der Waals surface area contributed by atoms with Crippen molar-refractivity contribution in [1.29, 1.82) is 0 Å². The summed E-state index contributed by atoms with van der Waals surface area (Å²) in [5.41, 5.74) is 0.433. The van der Waals surface area contributed by atoms with Crippen LogP contribution in [0.25, 0.3) is 0 Å². The Bertz CT molecular complexity index is 321. The smallest absolute Gasteiger partial charge is 0.407 e. The van der Waals surface area contributed by atoms with Gasteiger partial charge in [0.2, 0.25) is 0 Å². The van der Waals surface area contributed by atoms with Crippen molar-refractivity contribution < 1.29 is 19.1 Å². The van der Waals surface area contributed by atoms with Gasteiger partial charge in [-0.25, -0.2) is 9.59 Å². The summed E-state index contributed by atoms with van der Waals surface area (Å²) in [5, 5.41) is 2.71. The van der Waals surface area contributed by atoms with E-state index in [2.05, 4.69) is 18.8 Å². The molecule has 6 heteroatoms. The van der Waals surface area contributed by atoms with E-state index in [1.807, 2.05) is 0 Å². The molecule has 0 rings (SSSR count). The van der Waals surface area contributed by atoms with Crippen LogP contribution in [0.5, 0.6) is 0 Å². The lowest BCUT2D eigenvalue weighted by Gasteiger charge is -2.07. The molecule has 0 unspecified atom stereocenters. The average Bonchev–Trinajstić information content (AvgIpc) is 2.46. The van der Waals surface area contributed by atoms with E-state index < -0.39 is 0 Å². The maximum Gasteiger partial charge on any atom is 0.407 e. The number of unbranched alkanes of at least 4 members (excludes halogenated alkanes) is 3. The number of thioether (sulfide) groups is 1. The molecule has 0 aromatic heterocycles. The SMILES string of the molecule is C=C(CSCCOC(=O)NCCCCCC)C(=O)OCC. The third-order valence-corrected chi connectivity index (χ3v) is 3.61. The Labute approximate surface area is 131 Å². The fourth-order valence-electron chi connectivity index (χ4n) is 1.47. The summed E-state index contributed by atoms with van der Waals surface area (Å²) >= 11 is 1.49. The second-order valence-corrected chi connectivity index (χ2v) is 5.61. The second-order valence-electron chi connectivity index (χ2n) is 4.50. The van der Waals surface area contributed by atoms with Crippen molar-refractivity contribution in [2.24, 2.45) is 0 Å². The molecule has 0 fully saturated rings. The molecule has 0 aromatic rings. The van der Waals surface area contributed by atoms with Gasteiger partial charge >= 0.3 is 12.1 Å². The minimum Gasteiger partial charge on any atom is -0.463 e. The summed E-state index contributed by atoms with van der Waals surface area (Å²) in [5.74, 6) is 0.749. The van der Waals surface area contributed by atoms with E-state index in [-0.39, 0.29) is 12.1 Å². The number of esters is 1. The third kappa shape index (κ3) is 12.3. The molecule has 1 N–H and O–H groups in total. The fourth-order valence-corrected chi connectivity index (χ4v) is 2.18. The zero-order valence-corrected chi connectivity index (χ0v) is 13.9. The monoisotopic (exact) mass is 317 g/mol. The maximum atomic E-state index is 11.3. The molecule has 5 nitrogen and oxygen atoms in total. The molecule has 0 aromatic carbocycles. The number of carbonyl (C=O) groups excluding carboxylic acids is 2. The van der Waals surface area contributed by atoms with Crippen LogP contribution in [-0.2, 0) is 14.3 Å². The summed E-state index contributed by atoms with van der Waals surface area (Å²) in [6, 6.07) is 0. The van der Waals surface area contributed by atoms with Crippen molar-refractivity contribution in [3.05, 3.63) is 12.2 Å². The molecular weight excluding hydrogens is 290 g/mol. The fraction of sp³-hybridized carbons (Fsp3) is 0.733. The van der Waals surface area contributed by atoms with Crippen LogP contribution in [0.4, 0.5) is 4.79 Å². The van der Waals surface area contributed by atoms with Crippen LogP contribution in [0.1, 0.15) is 39.5 Å². The zero-order chi connectivity index (χ0) is 15.9. The van der Waals surface area contributed by atoms with Crippen molar-refractivity contribution in [1.82, 2.24) is 5.32 Å². The Morgan fingerprint density at radius 2 is 1.90 bits per heavy atom. The van der Waals surface area contributed by atoms with Crippen LogP contribution in [0.3, 0.4) is 0 Å². The molecule has 0 bridgehead atoms. The summed E-state index contributed by atoms with van der Waals surface area (Å²) in [7, 11) is 0. The van der Waals surface area contributed by atoms with Gasteiger partial charge in [-0.05, 0) is 13.3 Å². The molecule has 0 heterocycles. The van der Waals surface area contributed by atoms with Crippen LogP contribution in [0.15, 0.2) is 12.2 Å². The first-order chi connectivity index (χ1) is 10.1. The molecule has 0 spiro atoms. The van der Waals surface area contributed by atoms with Gasteiger partial charge in [0.25, 0.3) is 0 Å². The van der Waals surface area contributed by atoms with Crippen molar-refractivity contribution in [2.45, 2.75) is 39.5 Å². The molecule has 0 aliphatic rings. The molecule has 1 amide bonds. The highest BCUT2D eigenvalue weighted by Gasteiger charge is 2.07. The van der Waals surface area contributed by atoms with Gasteiger partial charge in [0.1, 0.15) is 6.61 Å². The number of carbonyl (C=O) groups is 2. The minimum absolute atomic E-state index is 0.321. The first-order valence-electron chi connectivity index (χ1n) is 7.45. The van der Waals surface area contributed by atoms with Crippen LogP contribution >= 0.6 is 11.8 Å². The van der Waals surface area contributed by atoms with Crippen LogP contribution < -0.4 is 5.32 Å². The summed E-state index contributed by atoms with van der Waals surface area (Å²) in [6.07, 6.45) is 4.10. The van der Waals surface area contributed by atoms with Crippen molar-refractivity contribution in [2.75, 3.05) is 31.3 Å². The van der Waals surface area contributed by atoms with Crippen LogP contribution in [-0.4, -0.2) is 43.3 Å². The average molecular weight is 317 g/mol. The van der Waals surface area contributed by atoms with E-state index >= 15 is 0 Å². The van der Waals surface area contributed by atoms with E-state index in [9.17, 15) is 9.59 Å². The van der Waals surface area contributed by atoms with Gasteiger partial charge in [0.15, 0.2) is 0 Å². The predicted octanol–water partition coefficient (Wildman–Crippen LogP) is 3.15. The van der Waals surface area contributed by atoms with Gasteiger partial charge in [-0.3, -0.25) is 0 Å². The van der Waals surface area contributed by atoms with Gasteiger partial charge in [0, 0.05) is 23.6 Å². The molecule has 0 radical (unpaired) electrons. The number of rotatable bonds is 12. The van der Waals surface area contributed by atoms with Crippen molar-refractivity contribution in [3.8, 4) is 0 Å². The Morgan fingerprint density at radius 1 is 1.14 bits per heavy atom. The maximum absolute atomic E-state index is 11.3. The molecule has 0 saturated heterocycles. The Morgan fingerprint density at radius 3 is 2.57 bits per heavy atom. The minimum atomic E-state index is -0.378. The van der Waals surface area contributed by atoms with Gasteiger partial charge in [-0.2, -0.15) is 11.8 Å². The molecule has 0 atom stereocenters. The lowest BCUT2D eigenvalue weighted by Crippen LogP contribution is -2.26. The number of amides is 1. The van der Waals surface area contributed by atoms with Gasteiger partial charge in [0.05, 0.1) is 6.61 Å². The highest BCUT2D eigenvalue weighted by atomic mass is 32.2. The van der Waals surface area contributed by atoms with Crippen LogP contribution in [0, 0.1) is 0 Å². The van der Waals surface area contributed by atoms with E-state index in [0.29, 0.717) is 36.8 Å². The van der Waals surface area contributed by atoms with Gasteiger partial charge in [-0.15, -0.1) is 0 Å². The number of alkyl carbamates (subject to hydrolysis) is 1. The van der Waals surface area contributed by atoms with E-state index in [1.165, 1.54) is 24.6 Å². The normalized spacial score (nSPS) is 10.0. The van der Waals surface area contributed by atoms with Gasteiger partial charge in [-0.1, -0.05) is 32.8 Å². The number of hydrogen-bond donors (Lipinski definition) is 1. The second kappa shape index (κ2) is 13.8. The number of hydrogen-bond acceptors (Lipinski definition) is 5. The largest absolute Gasteiger partial charge is 0.463 e. The van der Waals surface area contributed by atoms with E-state index in [0.717, 1.165) is 12.8 Å².